The molecule has 2 rings (SSSR count). The van der Waals surface area contributed by atoms with E-state index in [0.717, 1.165) is 25.0 Å². The highest BCUT2D eigenvalue weighted by molar-refractivity contribution is 5.61. The molecular formula is C19H23F3N2O4. The molecule has 6 nitrogen and oxygen atoms in total. The molecular weight excluding hydrogens is 377 g/mol. The maximum absolute atomic E-state index is 13.1. The first-order valence-corrected chi connectivity index (χ1v) is 8.91. The van der Waals surface area contributed by atoms with Gasteiger partial charge in [-0.25, -0.2) is 4.79 Å². The van der Waals surface area contributed by atoms with E-state index in [4.69, 9.17) is 9.84 Å². The average Bonchev–Trinajstić information content (AvgIpc) is 2.95. The van der Waals surface area contributed by atoms with Crippen LogP contribution in [0.5, 0.6) is 11.5 Å². The molecule has 1 N–H and O–H groups in total. The highest BCUT2D eigenvalue weighted by atomic mass is 19.4. The molecule has 0 bridgehead atoms. The van der Waals surface area contributed by atoms with Gasteiger partial charge in [-0.1, -0.05) is 26.7 Å². The number of ether oxygens (including phenoxy) is 2. The average molecular weight is 400 g/mol. The number of carbonyl (C=O) groups is 1. The fourth-order valence-electron chi connectivity index (χ4n) is 2.70. The van der Waals surface area contributed by atoms with E-state index >= 15 is 0 Å². The lowest BCUT2D eigenvalue weighted by atomic mass is 10.0. The van der Waals surface area contributed by atoms with Crippen LogP contribution in [0.25, 0.3) is 0 Å². The van der Waals surface area contributed by atoms with Crippen molar-refractivity contribution in [1.82, 2.24) is 9.78 Å². The fourth-order valence-corrected chi connectivity index (χ4v) is 2.70. The molecule has 154 valence electrons. The molecule has 0 unspecified atom stereocenters. The van der Waals surface area contributed by atoms with Crippen molar-refractivity contribution in [3.8, 4) is 11.5 Å². The predicted molar refractivity (Wildman–Crippen MR) is 95.7 cm³/mol. The summed E-state index contributed by atoms with van der Waals surface area (Å²) >= 11 is 0. The van der Waals surface area contributed by atoms with Crippen molar-refractivity contribution in [1.29, 1.82) is 0 Å². The number of nitrogens with zero attached hydrogens (tertiary/aromatic N) is 2. The minimum absolute atomic E-state index is 0.0169. The minimum atomic E-state index is -4.49. The maximum atomic E-state index is 13.1. The predicted octanol–water partition coefficient (Wildman–Crippen LogP) is 5.13. The van der Waals surface area contributed by atoms with Gasteiger partial charge in [0.1, 0.15) is 5.75 Å². The van der Waals surface area contributed by atoms with Crippen LogP contribution >= 0.6 is 0 Å². The van der Waals surface area contributed by atoms with Crippen molar-refractivity contribution < 1.29 is 32.5 Å². The molecule has 0 aliphatic carbocycles. The Morgan fingerprint density at radius 2 is 1.93 bits per heavy atom. The molecule has 1 aromatic carbocycles. The monoisotopic (exact) mass is 400 g/mol. The number of halogens is 3. The summed E-state index contributed by atoms with van der Waals surface area (Å²) in [6.07, 6.45) is -2.96. The van der Waals surface area contributed by atoms with Crippen molar-refractivity contribution in [3.05, 3.63) is 41.2 Å². The van der Waals surface area contributed by atoms with Crippen LogP contribution in [-0.4, -0.2) is 27.6 Å². The zero-order chi connectivity index (χ0) is 20.9. The Balaban J connectivity index is 2.33. The van der Waals surface area contributed by atoms with Gasteiger partial charge < -0.3 is 14.6 Å². The van der Waals surface area contributed by atoms with E-state index in [-0.39, 0.29) is 12.3 Å². The number of alkyl halides is 3. The lowest BCUT2D eigenvalue weighted by Crippen LogP contribution is -2.14. The number of benzene rings is 1. The van der Waals surface area contributed by atoms with Gasteiger partial charge in [0.25, 0.3) is 0 Å². The lowest BCUT2D eigenvalue weighted by Gasteiger charge is -2.18. The molecule has 0 atom stereocenters. The molecule has 0 radical (unpaired) electrons. The molecule has 0 amide bonds. The number of aromatic nitrogens is 2. The van der Waals surface area contributed by atoms with Gasteiger partial charge in [0.2, 0.25) is 0 Å². The zero-order valence-electron chi connectivity index (χ0n) is 15.9. The summed E-state index contributed by atoms with van der Waals surface area (Å²) in [5.41, 5.74) is -0.108. The molecule has 1 aromatic heterocycles. The minimum Gasteiger partial charge on any atom is -0.493 e. The van der Waals surface area contributed by atoms with Gasteiger partial charge in [-0.15, -0.1) is 0 Å². The number of hydrogen-bond acceptors (Lipinski definition) is 4. The summed E-state index contributed by atoms with van der Waals surface area (Å²) in [5.74, 6) is 0.673. The van der Waals surface area contributed by atoms with E-state index in [1.165, 1.54) is 16.9 Å². The Morgan fingerprint density at radius 3 is 2.50 bits per heavy atom. The fraction of sp³-hybridized carbons (Fsp3) is 0.474. The van der Waals surface area contributed by atoms with Gasteiger partial charge in [-0.3, -0.25) is 4.68 Å². The van der Waals surface area contributed by atoms with Crippen LogP contribution in [0.3, 0.4) is 0 Å². The largest absolute Gasteiger partial charge is 0.511 e. The van der Waals surface area contributed by atoms with Gasteiger partial charge >= 0.3 is 12.3 Å². The number of rotatable bonds is 8. The van der Waals surface area contributed by atoms with Gasteiger partial charge in [0, 0.05) is 5.56 Å². The third-order valence-corrected chi connectivity index (χ3v) is 4.59. The molecule has 28 heavy (non-hydrogen) atoms. The summed E-state index contributed by atoms with van der Waals surface area (Å²) in [6.45, 7) is 6.02. The van der Waals surface area contributed by atoms with Gasteiger partial charge in [0.15, 0.2) is 5.75 Å². The topological polar surface area (TPSA) is 73.6 Å². The SMILES string of the molecule is CCC(CC)COc1ccc(C(F)(F)F)cc1Cn1ncc(OC(=O)O)c1C. The van der Waals surface area contributed by atoms with Crippen molar-refractivity contribution >= 4 is 6.16 Å². The van der Waals surface area contributed by atoms with Crippen LogP contribution in [-0.2, 0) is 12.7 Å². The first kappa shape index (κ1) is 21.6. The Bertz CT molecular complexity index is 814. The maximum Gasteiger partial charge on any atom is 0.511 e. The van der Waals surface area contributed by atoms with Crippen LogP contribution in [0.1, 0.15) is 43.5 Å². The molecule has 0 fully saturated rings. The summed E-state index contributed by atoms with van der Waals surface area (Å²) in [4.78, 5) is 10.7. The molecule has 0 saturated carbocycles. The van der Waals surface area contributed by atoms with Crippen LogP contribution in [0.2, 0.25) is 0 Å². The van der Waals surface area contributed by atoms with E-state index in [1.54, 1.807) is 6.92 Å². The summed E-state index contributed by atoms with van der Waals surface area (Å²) in [7, 11) is 0. The van der Waals surface area contributed by atoms with Crippen LogP contribution in [0.4, 0.5) is 18.0 Å². The molecule has 0 aliphatic heterocycles. The van der Waals surface area contributed by atoms with Crippen molar-refractivity contribution in [3.63, 3.8) is 0 Å². The van der Waals surface area contributed by atoms with E-state index in [0.29, 0.717) is 29.5 Å². The lowest BCUT2D eigenvalue weighted by molar-refractivity contribution is -0.137. The number of hydrogen-bond donors (Lipinski definition) is 1. The molecule has 2 aromatic rings. The summed E-state index contributed by atoms with van der Waals surface area (Å²) < 4.78 is 51.2. The molecule has 9 heteroatoms. The summed E-state index contributed by atoms with van der Waals surface area (Å²) in [6, 6.07) is 3.33. The Hall–Kier alpha value is -2.71. The van der Waals surface area contributed by atoms with Crippen molar-refractivity contribution in [2.24, 2.45) is 5.92 Å². The standard InChI is InChI=1S/C19H23F3N2O4/c1-4-13(5-2)11-27-16-7-6-15(19(20,21)22)8-14(16)10-24-12(3)17(9-23-24)28-18(25)26/h6-9,13H,4-5,10-11H2,1-3H3,(H,25,26). The quantitative estimate of drug-likeness (QED) is 0.622. The van der Waals surface area contributed by atoms with E-state index in [2.05, 4.69) is 9.84 Å². The molecule has 0 saturated heterocycles. The van der Waals surface area contributed by atoms with Crippen molar-refractivity contribution in [2.45, 2.75) is 46.3 Å². The Labute approximate surface area is 160 Å². The first-order chi connectivity index (χ1) is 13.2. The molecule has 0 spiro atoms. The second kappa shape index (κ2) is 8.99. The second-order valence-corrected chi connectivity index (χ2v) is 6.43. The van der Waals surface area contributed by atoms with E-state index in [9.17, 15) is 18.0 Å². The second-order valence-electron chi connectivity index (χ2n) is 6.43. The molecule has 0 aliphatic rings. The van der Waals surface area contributed by atoms with Gasteiger partial charge in [-0.2, -0.15) is 18.3 Å². The van der Waals surface area contributed by atoms with Crippen molar-refractivity contribution in [2.75, 3.05) is 6.61 Å². The third-order valence-electron chi connectivity index (χ3n) is 4.59. The summed E-state index contributed by atoms with van der Waals surface area (Å²) in [5, 5.41) is 12.7. The molecule has 1 heterocycles. The Morgan fingerprint density at radius 1 is 1.25 bits per heavy atom. The normalized spacial score (nSPS) is 11.7. The van der Waals surface area contributed by atoms with Crippen LogP contribution < -0.4 is 9.47 Å². The van der Waals surface area contributed by atoms with Crippen LogP contribution in [0, 0.1) is 12.8 Å². The van der Waals surface area contributed by atoms with Crippen LogP contribution in [0.15, 0.2) is 24.4 Å². The highest BCUT2D eigenvalue weighted by Gasteiger charge is 2.31. The van der Waals surface area contributed by atoms with E-state index < -0.39 is 17.9 Å². The smallest absolute Gasteiger partial charge is 0.493 e. The Kier molecular flexibility index (Phi) is 6.93. The highest BCUT2D eigenvalue weighted by Crippen LogP contribution is 2.33. The number of carboxylic acid groups (broad SMARTS) is 1. The van der Waals surface area contributed by atoms with E-state index in [1.807, 2.05) is 13.8 Å². The zero-order valence-corrected chi connectivity index (χ0v) is 15.9. The first-order valence-electron chi connectivity index (χ1n) is 8.91. The third kappa shape index (κ3) is 5.40. The van der Waals surface area contributed by atoms with Gasteiger partial charge in [-0.05, 0) is 31.0 Å². The van der Waals surface area contributed by atoms with Gasteiger partial charge in [0.05, 0.1) is 30.6 Å².